The van der Waals surface area contributed by atoms with Crippen molar-refractivity contribution in [3.05, 3.63) is 84.5 Å². The standard InChI is InChI=1S/C19H16N2O4S2/c1-15-12-13-18(20-26(22,23)16-8-4-2-5-9-16)19(14-15)21-27(24,25)17-10-6-3-7-11-17/h2-14H,1H3. The molecule has 0 spiro atoms. The molecule has 0 N–H and O–H groups in total. The van der Waals surface area contributed by atoms with Crippen molar-refractivity contribution in [2.45, 2.75) is 16.7 Å². The minimum absolute atomic E-state index is 0.0161. The van der Waals surface area contributed by atoms with E-state index >= 15 is 0 Å². The monoisotopic (exact) mass is 400 g/mol. The van der Waals surface area contributed by atoms with E-state index in [0.717, 1.165) is 5.57 Å². The third-order valence-electron chi connectivity index (χ3n) is 3.65. The molecule has 2 aromatic carbocycles. The summed E-state index contributed by atoms with van der Waals surface area (Å²) in [7, 11) is -8.00. The predicted octanol–water partition coefficient (Wildman–Crippen LogP) is 3.16. The van der Waals surface area contributed by atoms with E-state index < -0.39 is 20.0 Å². The van der Waals surface area contributed by atoms with E-state index in [-0.39, 0.29) is 21.2 Å². The van der Waals surface area contributed by atoms with E-state index in [4.69, 9.17) is 0 Å². The van der Waals surface area contributed by atoms with Crippen LogP contribution in [0.1, 0.15) is 6.92 Å². The van der Waals surface area contributed by atoms with Crippen LogP contribution in [-0.2, 0) is 20.0 Å². The molecule has 0 atom stereocenters. The van der Waals surface area contributed by atoms with Crippen LogP contribution < -0.4 is 0 Å². The highest BCUT2D eigenvalue weighted by molar-refractivity contribution is 7.91. The van der Waals surface area contributed by atoms with Crippen LogP contribution in [0.25, 0.3) is 0 Å². The van der Waals surface area contributed by atoms with Crippen molar-refractivity contribution in [2.75, 3.05) is 0 Å². The molecule has 0 amide bonds. The van der Waals surface area contributed by atoms with Crippen molar-refractivity contribution in [3.8, 4) is 0 Å². The first-order valence-corrected chi connectivity index (χ1v) is 10.8. The van der Waals surface area contributed by atoms with Crippen molar-refractivity contribution in [1.82, 2.24) is 0 Å². The molecule has 0 aromatic heterocycles. The maximum Gasteiger partial charge on any atom is 0.282 e. The molecule has 8 heteroatoms. The first-order valence-electron chi connectivity index (χ1n) is 7.95. The number of hydrogen-bond acceptors (Lipinski definition) is 4. The van der Waals surface area contributed by atoms with Gasteiger partial charge in [0.05, 0.1) is 9.79 Å². The second kappa shape index (κ2) is 7.42. The summed E-state index contributed by atoms with van der Waals surface area (Å²) < 4.78 is 57.7. The molecule has 138 valence electrons. The average molecular weight is 400 g/mol. The second-order valence-electron chi connectivity index (χ2n) is 5.75. The fraction of sp³-hybridized carbons (Fsp3) is 0.0526. The number of sulfonamides is 2. The average Bonchev–Trinajstić information content (AvgIpc) is 2.65. The van der Waals surface area contributed by atoms with Gasteiger partial charge in [-0.2, -0.15) is 25.6 Å². The zero-order valence-corrected chi connectivity index (χ0v) is 16.0. The lowest BCUT2D eigenvalue weighted by molar-refractivity contribution is 0.596. The zero-order valence-electron chi connectivity index (χ0n) is 14.3. The molecule has 27 heavy (non-hydrogen) atoms. The topological polar surface area (TPSA) is 93.0 Å². The van der Waals surface area contributed by atoms with Crippen LogP contribution in [-0.4, -0.2) is 28.3 Å². The highest BCUT2D eigenvalue weighted by Crippen LogP contribution is 2.17. The van der Waals surface area contributed by atoms with Gasteiger partial charge in [0.1, 0.15) is 11.4 Å². The Bertz CT molecular complexity index is 1180. The Kier molecular flexibility index (Phi) is 5.20. The van der Waals surface area contributed by atoms with E-state index in [9.17, 15) is 16.8 Å². The Morgan fingerprint density at radius 2 is 1.07 bits per heavy atom. The maximum absolute atomic E-state index is 12.5. The van der Waals surface area contributed by atoms with E-state index in [1.54, 1.807) is 49.4 Å². The van der Waals surface area contributed by atoms with Gasteiger partial charge >= 0.3 is 0 Å². The molecule has 1 aliphatic rings. The first kappa shape index (κ1) is 18.9. The Hall–Kier alpha value is -2.84. The molecule has 0 saturated heterocycles. The van der Waals surface area contributed by atoms with Crippen molar-refractivity contribution in [3.63, 3.8) is 0 Å². The minimum Gasteiger partial charge on any atom is -0.199 e. The fourth-order valence-corrected chi connectivity index (χ4v) is 4.36. The summed E-state index contributed by atoms with van der Waals surface area (Å²) in [4.78, 5) is 0.0332. The third-order valence-corrected chi connectivity index (χ3v) is 6.26. The van der Waals surface area contributed by atoms with Crippen molar-refractivity contribution in [1.29, 1.82) is 0 Å². The summed E-state index contributed by atoms with van der Waals surface area (Å²) in [6, 6.07) is 15.4. The summed E-state index contributed by atoms with van der Waals surface area (Å²) in [6.07, 6.45) is 4.57. The molecule has 0 radical (unpaired) electrons. The van der Waals surface area contributed by atoms with E-state index in [1.165, 1.54) is 36.4 Å². The molecule has 0 aliphatic heterocycles. The Morgan fingerprint density at radius 3 is 1.56 bits per heavy atom. The SMILES string of the molecule is CC1=CC(=NS(=O)(=O)c2ccccc2)C(=NS(=O)(=O)c2ccccc2)C=C1. The number of hydrogen-bond donors (Lipinski definition) is 0. The lowest BCUT2D eigenvalue weighted by atomic mass is 10.1. The summed E-state index contributed by atoms with van der Waals surface area (Å²) >= 11 is 0. The van der Waals surface area contributed by atoms with Crippen LogP contribution in [0.5, 0.6) is 0 Å². The predicted molar refractivity (Wildman–Crippen MR) is 105 cm³/mol. The van der Waals surface area contributed by atoms with E-state index in [1.807, 2.05) is 0 Å². The Morgan fingerprint density at radius 1 is 0.630 bits per heavy atom. The van der Waals surface area contributed by atoms with E-state index in [0.29, 0.717) is 0 Å². The second-order valence-corrected chi connectivity index (χ2v) is 8.96. The van der Waals surface area contributed by atoms with Crippen LogP contribution >= 0.6 is 0 Å². The molecule has 0 unspecified atom stereocenters. The number of nitrogens with zero attached hydrogens (tertiary/aromatic N) is 2. The fourth-order valence-electron chi connectivity index (χ4n) is 2.33. The molecule has 6 nitrogen and oxygen atoms in total. The smallest absolute Gasteiger partial charge is 0.199 e. The largest absolute Gasteiger partial charge is 0.282 e. The third kappa shape index (κ3) is 4.47. The Labute approximate surface area is 158 Å². The molecule has 1 aliphatic carbocycles. The Balaban J connectivity index is 2.09. The van der Waals surface area contributed by atoms with Crippen LogP contribution in [0, 0.1) is 0 Å². The van der Waals surface area contributed by atoms with Gasteiger partial charge in [-0.25, -0.2) is 0 Å². The summed E-state index contributed by atoms with van der Waals surface area (Å²) in [5.74, 6) is 0. The van der Waals surface area contributed by atoms with Gasteiger partial charge < -0.3 is 0 Å². The van der Waals surface area contributed by atoms with Crippen molar-refractivity contribution >= 4 is 31.5 Å². The molecule has 0 bridgehead atoms. The quantitative estimate of drug-likeness (QED) is 0.737. The molecule has 0 saturated carbocycles. The summed E-state index contributed by atoms with van der Waals surface area (Å²) in [5, 5.41) is 0. The minimum atomic E-state index is -4.00. The van der Waals surface area contributed by atoms with E-state index in [2.05, 4.69) is 8.80 Å². The van der Waals surface area contributed by atoms with Gasteiger partial charge in [-0.1, -0.05) is 42.5 Å². The van der Waals surface area contributed by atoms with Gasteiger partial charge in [-0.05, 0) is 48.9 Å². The van der Waals surface area contributed by atoms with Gasteiger partial charge in [-0.15, -0.1) is 0 Å². The van der Waals surface area contributed by atoms with Gasteiger partial charge in [0.2, 0.25) is 0 Å². The molecule has 3 rings (SSSR count). The molecular weight excluding hydrogens is 384 g/mol. The van der Waals surface area contributed by atoms with Crippen LogP contribution in [0.2, 0.25) is 0 Å². The summed E-state index contributed by atoms with van der Waals surface area (Å²) in [5.41, 5.74) is 0.662. The van der Waals surface area contributed by atoms with Crippen LogP contribution in [0.4, 0.5) is 0 Å². The van der Waals surface area contributed by atoms with Crippen molar-refractivity contribution < 1.29 is 16.8 Å². The van der Waals surface area contributed by atoms with Crippen LogP contribution in [0.3, 0.4) is 0 Å². The number of allylic oxidation sites excluding steroid dienone is 4. The van der Waals surface area contributed by atoms with Crippen molar-refractivity contribution in [2.24, 2.45) is 8.80 Å². The van der Waals surface area contributed by atoms with Gasteiger partial charge in [0.25, 0.3) is 20.0 Å². The lowest BCUT2D eigenvalue weighted by Crippen LogP contribution is -2.17. The molecule has 0 heterocycles. The van der Waals surface area contributed by atoms with Crippen LogP contribution in [0.15, 0.2) is 103 Å². The number of rotatable bonds is 4. The van der Waals surface area contributed by atoms with Gasteiger partial charge in [0, 0.05) is 0 Å². The maximum atomic E-state index is 12.5. The zero-order chi connectivity index (χ0) is 19.5. The lowest BCUT2D eigenvalue weighted by Gasteiger charge is -2.09. The highest BCUT2D eigenvalue weighted by Gasteiger charge is 2.20. The summed E-state index contributed by atoms with van der Waals surface area (Å²) in [6.45, 7) is 1.75. The molecular formula is C19H16N2O4S2. The highest BCUT2D eigenvalue weighted by atomic mass is 32.2. The van der Waals surface area contributed by atoms with Gasteiger partial charge in [0.15, 0.2) is 0 Å². The first-order chi connectivity index (χ1) is 12.8. The molecule has 0 fully saturated rings. The normalized spacial score (nSPS) is 17.9. The number of benzene rings is 2. The molecule has 2 aromatic rings. The van der Waals surface area contributed by atoms with Gasteiger partial charge in [-0.3, -0.25) is 0 Å².